The maximum absolute atomic E-state index is 13.8. The van der Waals surface area contributed by atoms with Gasteiger partial charge in [0.2, 0.25) is 0 Å². The summed E-state index contributed by atoms with van der Waals surface area (Å²) in [4.78, 5) is 26.0. The van der Waals surface area contributed by atoms with Gasteiger partial charge in [-0.3, -0.25) is 14.6 Å². The number of fused-ring (bicyclic) bond motifs is 1. The highest BCUT2D eigenvalue weighted by Crippen LogP contribution is 2.33. The molecule has 2 aliphatic rings. The molecule has 1 fully saturated rings. The first-order valence-electron chi connectivity index (χ1n) is 7.71. The number of benzene rings is 2. The SMILES string of the molecule is O=C1C2N=NN(Cc3ccccc3F)C2C(=O)N1c1ccc(F)c(F)c1. The number of rotatable bonds is 3. The van der Waals surface area contributed by atoms with Gasteiger partial charge in [-0.2, -0.15) is 5.11 Å². The molecular formula is C17H11F3N4O2. The zero-order valence-corrected chi connectivity index (χ0v) is 13.1. The van der Waals surface area contributed by atoms with Crippen LogP contribution in [-0.4, -0.2) is 28.9 Å². The van der Waals surface area contributed by atoms with Crippen molar-refractivity contribution >= 4 is 17.5 Å². The molecule has 1 saturated heterocycles. The molecule has 0 aromatic heterocycles. The van der Waals surface area contributed by atoms with E-state index in [1.807, 2.05) is 0 Å². The van der Waals surface area contributed by atoms with Gasteiger partial charge >= 0.3 is 0 Å². The molecule has 0 aliphatic carbocycles. The van der Waals surface area contributed by atoms with Gasteiger partial charge in [-0.25, -0.2) is 18.1 Å². The van der Waals surface area contributed by atoms with E-state index >= 15 is 0 Å². The Kier molecular flexibility index (Phi) is 3.71. The fourth-order valence-corrected chi connectivity index (χ4v) is 3.03. The van der Waals surface area contributed by atoms with Crippen molar-refractivity contribution in [2.75, 3.05) is 4.90 Å². The van der Waals surface area contributed by atoms with Crippen molar-refractivity contribution in [3.05, 3.63) is 65.5 Å². The van der Waals surface area contributed by atoms with Gasteiger partial charge in [-0.1, -0.05) is 23.4 Å². The van der Waals surface area contributed by atoms with E-state index in [-0.39, 0.29) is 12.2 Å². The number of anilines is 1. The summed E-state index contributed by atoms with van der Waals surface area (Å²) in [5, 5.41) is 8.83. The summed E-state index contributed by atoms with van der Waals surface area (Å²) in [6.07, 6.45) is 0. The average Bonchev–Trinajstić information content (AvgIpc) is 3.13. The first-order chi connectivity index (χ1) is 12.5. The second-order valence-corrected chi connectivity index (χ2v) is 5.89. The van der Waals surface area contributed by atoms with Gasteiger partial charge in [-0.15, -0.1) is 0 Å². The Balaban J connectivity index is 1.63. The second kappa shape index (κ2) is 5.94. The lowest BCUT2D eigenvalue weighted by atomic mass is 10.1. The Morgan fingerprint density at radius 3 is 2.42 bits per heavy atom. The van der Waals surface area contributed by atoms with Crippen molar-refractivity contribution in [1.29, 1.82) is 0 Å². The summed E-state index contributed by atoms with van der Waals surface area (Å²) in [6.45, 7) is -0.0536. The van der Waals surface area contributed by atoms with E-state index in [0.29, 0.717) is 5.56 Å². The standard InChI is InChI=1S/C17H11F3N4O2/c18-11-4-2-1-3-9(11)8-23-15-14(21-22-23)16(25)24(17(15)26)10-5-6-12(19)13(20)7-10/h1-7,14-15H,8H2. The molecule has 2 aliphatic heterocycles. The van der Waals surface area contributed by atoms with Crippen molar-refractivity contribution in [2.24, 2.45) is 10.3 Å². The van der Waals surface area contributed by atoms with Crippen LogP contribution in [0.15, 0.2) is 52.8 Å². The number of carbonyl (C=O) groups is 2. The molecule has 0 N–H and O–H groups in total. The topological polar surface area (TPSA) is 65.3 Å². The van der Waals surface area contributed by atoms with Crippen LogP contribution in [0.25, 0.3) is 0 Å². The van der Waals surface area contributed by atoms with E-state index < -0.39 is 41.3 Å². The minimum Gasteiger partial charge on any atom is -0.271 e. The Morgan fingerprint density at radius 1 is 0.923 bits per heavy atom. The lowest BCUT2D eigenvalue weighted by molar-refractivity contribution is -0.123. The smallest absolute Gasteiger partial charge is 0.263 e. The third-order valence-electron chi connectivity index (χ3n) is 4.31. The molecule has 0 bridgehead atoms. The first-order valence-corrected chi connectivity index (χ1v) is 7.71. The number of hydrogen-bond acceptors (Lipinski definition) is 5. The van der Waals surface area contributed by atoms with Gasteiger partial charge in [0.1, 0.15) is 5.82 Å². The highest BCUT2D eigenvalue weighted by Gasteiger charge is 2.54. The molecule has 2 aromatic carbocycles. The molecule has 9 heteroatoms. The van der Waals surface area contributed by atoms with Crippen LogP contribution < -0.4 is 4.90 Å². The maximum Gasteiger partial charge on any atom is 0.263 e. The van der Waals surface area contributed by atoms with Crippen LogP contribution in [0.1, 0.15) is 5.56 Å². The third-order valence-corrected chi connectivity index (χ3v) is 4.31. The lowest BCUT2D eigenvalue weighted by Crippen LogP contribution is -2.39. The van der Waals surface area contributed by atoms with Crippen LogP contribution in [0.3, 0.4) is 0 Å². The van der Waals surface area contributed by atoms with Crippen LogP contribution in [0.2, 0.25) is 0 Å². The Morgan fingerprint density at radius 2 is 1.69 bits per heavy atom. The van der Waals surface area contributed by atoms with Crippen molar-refractivity contribution in [3.8, 4) is 0 Å². The van der Waals surface area contributed by atoms with Gasteiger partial charge in [0.15, 0.2) is 23.7 Å². The predicted molar refractivity (Wildman–Crippen MR) is 83.2 cm³/mol. The van der Waals surface area contributed by atoms with E-state index in [4.69, 9.17) is 0 Å². The molecule has 26 heavy (non-hydrogen) atoms. The van der Waals surface area contributed by atoms with Crippen LogP contribution >= 0.6 is 0 Å². The third kappa shape index (κ3) is 2.43. The fourth-order valence-electron chi connectivity index (χ4n) is 3.03. The molecule has 6 nitrogen and oxygen atoms in total. The lowest BCUT2D eigenvalue weighted by Gasteiger charge is -2.20. The van der Waals surface area contributed by atoms with E-state index in [9.17, 15) is 22.8 Å². The highest BCUT2D eigenvalue weighted by atomic mass is 19.2. The van der Waals surface area contributed by atoms with Gasteiger partial charge in [0.25, 0.3) is 11.8 Å². The molecule has 2 heterocycles. The Bertz CT molecular complexity index is 949. The zero-order chi connectivity index (χ0) is 18.4. The molecule has 2 amide bonds. The summed E-state index contributed by atoms with van der Waals surface area (Å²) in [6, 6.07) is 6.57. The monoisotopic (exact) mass is 360 g/mol. The van der Waals surface area contributed by atoms with Crippen molar-refractivity contribution in [3.63, 3.8) is 0 Å². The van der Waals surface area contributed by atoms with Crippen molar-refractivity contribution in [2.45, 2.75) is 18.6 Å². The fraction of sp³-hybridized carbons (Fsp3) is 0.176. The maximum atomic E-state index is 13.8. The second-order valence-electron chi connectivity index (χ2n) is 5.89. The minimum absolute atomic E-state index is 0.0536. The highest BCUT2D eigenvalue weighted by molar-refractivity contribution is 6.25. The van der Waals surface area contributed by atoms with E-state index in [0.717, 1.165) is 23.1 Å². The number of nitrogens with zero attached hydrogens (tertiary/aromatic N) is 4. The van der Waals surface area contributed by atoms with E-state index in [1.54, 1.807) is 6.07 Å². The quantitative estimate of drug-likeness (QED) is 0.791. The molecule has 132 valence electrons. The number of imide groups is 1. The van der Waals surface area contributed by atoms with Gasteiger partial charge in [-0.05, 0) is 18.2 Å². The number of hydrogen-bond donors (Lipinski definition) is 0. The predicted octanol–water partition coefficient (Wildman–Crippen LogP) is 2.60. The van der Waals surface area contributed by atoms with Crippen LogP contribution in [-0.2, 0) is 16.1 Å². The summed E-state index contributed by atoms with van der Waals surface area (Å²) >= 11 is 0. The summed E-state index contributed by atoms with van der Waals surface area (Å²) in [5.41, 5.74) is 0.202. The summed E-state index contributed by atoms with van der Waals surface area (Å²) in [7, 11) is 0. The van der Waals surface area contributed by atoms with E-state index in [2.05, 4.69) is 10.3 Å². The molecule has 0 saturated carbocycles. The Labute approximate surface area is 145 Å². The summed E-state index contributed by atoms with van der Waals surface area (Å²) in [5.74, 6) is -4.10. The molecule has 2 unspecified atom stereocenters. The summed E-state index contributed by atoms with van der Waals surface area (Å²) < 4.78 is 40.4. The number of halogens is 3. The van der Waals surface area contributed by atoms with E-state index in [1.165, 1.54) is 23.2 Å². The molecule has 0 spiro atoms. The van der Waals surface area contributed by atoms with Gasteiger partial charge < -0.3 is 0 Å². The van der Waals surface area contributed by atoms with Gasteiger partial charge in [0.05, 0.1) is 12.2 Å². The van der Waals surface area contributed by atoms with Crippen molar-refractivity contribution in [1.82, 2.24) is 5.01 Å². The molecule has 0 radical (unpaired) electrons. The Hall–Kier alpha value is -3.23. The van der Waals surface area contributed by atoms with Crippen LogP contribution in [0, 0.1) is 17.5 Å². The molecule has 2 atom stereocenters. The normalized spacial score (nSPS) is 21.7. The van der Waals surface area contributed by atoms with Crippen molar-refractivity contribution < 1.29 is 22.8 Å². The number of amides is 2. The number of carbonyl (C=O) groups excluding carboxylic acids is 2. The molecule has 4 rings (SSSR count). The first kappa shape index (κ1) is 16.2. The molecular weight excluding hydrogens is 349 g/mol. The van der Waals surface area contributed by atoms with Crippen LogP contribution in [0.5, 0.6) is 0 Å². The zero-order valence-electron chi connectivity index (χ0n) is 13.1. The molecule has 2 aromatic rings. The average molecular weight is 360 g/mol. The van der Waals surface area contributed by atoms with Crippen LogP contribution in [0.4, 0.5) is 18.9 Å². The van der Waals surface area contributed by atoms with Gasteiger partial charge in [0, 0.05) is 11.6 Å². The largest absolute Gasteiger partial charge is 0.271 e. The minimum atomic E-state index is -1.18.